The first kappa shape index (κ1) is 27.3. The summed E-state index contributed by atoms with van der Waals surface area (Å²) in [6.45, 7) is 4.01. The molecule has 0 fully saturated rings. The van der Waals surface area contributed by atoms with Gasteiger partial charge in [0.25, 0.3) is 0 Å². The van der Waals surface area contributed by atoms with Gasteiger partial charge in [0, 0.05) is 44.4 Å². The first-order valence-electron chi connectivity index (χ1n) is 11.1. The zero-order valence-corrected chi connectivity index (χ0v) is 22.9. The Hall–Kier alpha value is -2.75. The lowest BCUT2D eigenvalue weighted by Crippen LogP contribution is -2.23. The highest BCUT2D eigenvalue weighted by Gasteiger charge is 2.30. The van der Waals surface area contributed by atoms with Crippen molar-refractivity contribution < 1.29 is 22.1 Å². The van der Waals surface area contributed by atoms with Crippen molar-refractivity contribution in [1.29, 1.82) is 0 Å². The third-order valence-corrected chi connectivity index (χ3v) is 8.31. The molecule has 0 spiro atoms. The maximum Gasteiger partial charge on any atom is 0.173 e. The van der Waals surface area contributed by atoms with Crippen LogP contribution >= 0.6 is 23.4 Å². The number of aromatic nitrogens is 2. The van der Waals surface area contributed by atoms with Crippen molar-refractivity contribution in [3.05, 3.63) is 100 Å². The highest BCUT2D eigenvalue weighted by molar-refractivity contribution is 7.98. The van der Waals surface area contributed by atoms with Gasteiger partial charge in [-0.1, -0.05) is 43.3 Å². The first-order valence-corrected chi connectivity index (χ1v) is 14.1. The Balaban J connectivity index is 1.78. The van der Waals surface area contributed by atoms with E-state index >= 15 is 0 Å². The van der Waals surface area contributed by atoms with E-state index in [0.717, 1.165) is 35.2 Å². The predicted octanol–water partition coefficient (Wildman–Crippen LogP) is 7.31. The highest BCUT2D eigenvalue weighted by atomic mass is 35.5. The van der Waals surface area contributed by atoms with Gasteiger partial charge in [0.2, 0.25) is 0 Å². The molecule has 0 saturated carbocycles. The molecule has 1 unspecified atom stereocenters. The maximum absolute atomic E-state index is 14.7. The molecule has 0 amide bonds. The zero-order chi connectivity index (χ0) is 26.9. The molecule has 0 N–H and O–H groups in total. The van der Waals surface area contributed by atoms with E-state index in [1.807, 2.05) is 30.5 Å². The van der Waals surface area contributed by atoms with Crippen molar-refractivity contribution in [3.63, 3.8) is 0 Å². The van der Waals surface area contributed by atoms with Crippen LogP contribution in [-0.2, 0) is 22.0 Å². The lowest BCUT2D eigenvalue weighted by molar-refractivity contribution is 0.413. The van der Waals surface area contributed by atoms with Crippen molar-refractivity contribution >= 4 is 34.2 Å². The van der Waals surface area contributed by atoms with E-state index in [1.165, 1.54) is 18.4 Å². The fraction of sp³-hybridized carbons (Fsp3) is 0.222. The third-order valence-electron chi connectivity index (χ3n) is 6.12. The summed E-state index contributed by atoms with van der Waals surface area (Å²) in [7, 11) is 0.0318. The summed E-state index contributed by atoms with van der Waals surface area (Å²) in [6.07, 6.45) is 3.06. The lowest BCUT2D eigenvalue weighted by atomic mass is 9.81. The van der Waals surface area contributed by atoms with Crippen LogP contribution in [-0.4, -0.2) is 27.1 Å². The largest absolute Gasteiger partial charge is 0.495 e. The van der Waals surface area contributed by atoms with Crippen LogP contribution < -0.4 is 4.74 Å². The number of hydrogen-bond donors (Lipinski definition) is 0. The summed E-state index contributed by atoms with van der Waals surface area (Å²) >= 11 is 7.37. The van der Waals surface area contributed by atoms with E-state index in [0.29, 0.717) is 21.6 Å². The molecule has 10 heteroatoms. The molecule has 1 heterocycles. The molecule has 1 atom stereocenters. The Bertz CT molecular complexity index is 1450. The summed E-state index contributed by atoms with van der Waals surface area (Å²) < 4.78 is 62.0. The smallest absolute Gasteiger partial charge is 0.173 e. The Morgan fingerprint density at radius 2 is 1.70 bits per heavy atom. The van der Waals surface area contributed by atoms with Crippen LogP contribution in [0, 0.1) is 17.5 Å². The molecular weight excluding hydrogens is 541 g/mol. The minimum atomic E-state index is -1.51. The standard InChI is InChI=1S/C27H24ClF3N2O2S2/c1-27(2,16-5-10-21(28)24(11-16)35-3)25-14-32-26(33(25)18-8-6-17(29)7-9-18)36-15-20-22(30)12-19(37(4)34)13-23(20)31/h5-14H,15H2,1-4H3. The van der Waals surface area contributed by atoms with Crippen LogP contribution in [0.2, 0.25) is 5.02 Å². The van der Waals surface area contributed by atoms with E-state index in [9.17, 15) is 17.4 Å². The van der Waals surface area contributed by atoms with Gasteiger partial charge in [0.15, 0.2) is 5.16 Å². The second kappa shape index (κ2) is 10.9. The first-order chi connectivity index (χ1) is 17.5. The van der Waals surface area contributed by atoms with Crippen LogP contribution in [0.25, 0.3) is 5.69 Å². The van der Waals surface area contributed by atoms with Gasteiger partial charge in [-0.05, 0) is 54.1 Å². The molecule has 3 aromatic carbocycles. The molecule has 0 aliphatic carbocycles. The summed E-state index contributed by atoms with van der Waals surface area (Å²) in [6, 6.07) is 13.6. The molecule has 1 aromatic heterocycles. The number of thioether (sulfide) groups is 1. The fourth-order valence-electron chi connectivity index (χ4n) is 3.93. The van der Waals surface area contributed by atoms with Gasteiger partial charge in [-0.3, -0.25) is 8.78 Å². The molecule has 0 aliphatic heterocycles. The average molecular weight is 565 g/mol. The van der Waals surface area contributed by atoms with Crippen LogP contribution in [0.3, 0.4) is 0 Å². The Labute approximate surface area is 225 Å². The Morgan fingerprint density at radius 1 is 1.05 bits per heavy atom. The van der Waals surface area contributed by atoms with Crippen molar-refractivity contribution in [1.82, 2.24) is 9.55 Å². The fourth-order valence-corrected chi connectivity index (χ4v) is 5.68. The number of halogens is 4. The number of methoxy groups -OCH3 is 1. The molecule has 4 rings (SSSR count). The van der Waals surface area contributed by atoms with Gasteiger partial charge in [0.05, 0.1) is 24.0 Å². The van der Waals surface area contributed by atoms with Gasteiger partial charge in [-0.25, -0.2) is 18.2 Å². The number of benzene rings is 3. The molecule has 37 heavy (non-hydrogen) atoms. The monoisotopic (exact) mass is 564 g/mol. The zero-order valence-electron chi connectivity index (χ0n) is 20.5. The SMILES string of the molecule is COc1cc(C(C)(C)c2cnc(SCc3c(F)cc(S(C)=O)cc3F)n2-c2ccc(F)cc2)ccc1Cl. The van der Waals surface area contributed by atoms with Crippen molar-refractivity contribution in [2.75, 3.05) is 13.4 Å². The lowest BCUT2D eigenvalue weighted by Gasteiger charge is -2.28. The van der Waals surface area contributed by atoms with E-state index in [1.54, 1.807) is 31.5 Å². The highest BCUT2D eigenvalue weighted by Crippen LogP contribution is 2.39. The molecular formula is C27H24ClF3N2O2S2. The van der Waals surface area contributed by atoms with E-state index in [2.05, 4.69) is 4.98 Å². The molecule has 0 saturated heterocycles. The third kappa shape index (κ3) is 5.58. The van der Waals surface area contributed by atoms with Gasteiger partial charge in [-0.2, -0.15) is 0 Å². The van der Waals surface area contributed by atoms with Crippen LogP contribution in [0.15, 0.2) is 70.8 Å². The average Bonchev–Trinajstić information content (AvgIpc) is 3.28. The summed E-state index contributed by atoms with van der Waals surface area (Å²) in [5.41, 5.74) is 1.55. The van der Waals surface area contributed by atoms with Gasteiger partial charge in [-0.15, -0.1) is 0 Å². The minimum absolute atomic E-state index is 0.0544. The second-order valence-corrected chi connectivity index (χ2v) is 11.5. The van der Waals surface area contributed by atoms with Crippen LogP contribution in [0.4, 0.5) is 13.2 Å². The molecule has 0 bridgehead atoms. The van der Waals surface area contributed by atoms with Crippen LogP contribution in [0.5, 0.6) is 5.75 Å². The van der Waals surface area contributed by atoms with Crippen molar-refractivity contribution in [2.45, 2.75) is 35.1 Å². The number of ether oxygens (including phenoxy) is 1. The van der Waals surface area contributed by atoms with Crippen molar-refractivity contribution in [2.24, 2.45) is 0 Å². The summed E-state index contributed by atoms with van der Waals surface area (Å²) in [5, 5.41) is 0.949. The normalized spacial score (nSPS) is 12.5. The molecule has 0 radical (unpaired) electrons. The topological polar surface area (TPSA) is 44.1 Å². The number of nitrogens with zero attached hydrogens (tertiary/aromatic N) is 2. The van der Waals surface area contributed by atoms with Gasteiger partial charge >= 0.3 is 0 Å². The molecule has 4 nitrogen and oxygen atoms in total. The number of imidazole rings is 1. The Kier molecular flexibility index (Phi) is 8.06. The van der Waals surface area contributed by atoms with Gasteiger partial charge < -0.3 is 4.74 Å². The molecule has 4 aromatic rings. The minimum Gasteiger partial charge on any atom is -0.495 e. The molecule has 194 valence electrons. The maximum atomic E-state index is 14.7. The van der Waals surface area contributed by atoms with E-state index in [4.69, 9.17) is 16.3 Å². The predicted molar refractivity (Wildman–Crippen MR) is 142 cm³/mol. The summed E-state index contributed by atoms with van der Waals surface area (Å²) in [5.74, 6) is -1.46. The van der Waals surface area contributed by atoms with Gasteiger partial charge in [0.1, 0.15) is 23.2 Å². The Morgan fingerprint density at radius 3 is 2.30 bits per heavy atom. The number of hydrogen-bond acceptors (Lipinski definition) is 4. The van der Waals surface area contributed by atoms with E-state index < -0.39 is 27.8 Å². The van der Waals surface area contributed by atoms with E-state index in [-0.39, 0.29) is 22.0 Å². The number of rotatable bonds is 8. The van der Waals surface area contributed by atoms with Crippen molar-refractivity contribution in [3.8, 4) is 11.4 Å². The second-order valence-electron chi connectivity index (χ2n) is 8.82. The summed E-state index contributed by atoms with van der Waals surface area (Å²) in [4.78, 5) is 4.65. The molecule has 0 aliphatic rings. The van der Waals surface area contributed by atoms with Crippen LogP contribution in [0.1, 0.15) is 30.7 Å². The quantitative estimate of drug-likeness (QED) is 0.211.